The van der Waals surface area contributed by atoms with Gasteiger partial charge in [0.05, 0.1) is 6.20 Å². The Bertz CT molecular complexity index is 423. The van der Waals surface area contributed by atoms with Gasteiger partial charge in [0.15, 0.2) is 0 Å². The summed E-state index contributed by atoms with van der Waals surface area (Å²) in [5.74, 6) is 0. The molecule has 0 unspecified atom stereocenters. The third kappa shape index (κ3) is 1.88. The Hall–Kier alpha value is -0.110. The van der Waals surface area contributed by atoms with Crippen molar-refractivity contribution in [3.63, 3.8) is 0 Å². The maximum atomic E-state index is 2.34. The number of halogens is 2. The summed E-state index contributed by atoms with van der Waals surface area (Å²) in [5, 5.41) is 0. The van der Waals surface area contributed by atoms with Crippen LogP contribution in [0.3, 0.4) is 0 Å². The highest BCUT2D eigenvalue weighted by Crippen LogP contribution is 2.14. The lowest BCUT2D eigenvalue weighted by Crippen LogP contribution is -2.29. The predicted molar refractivity (Wildman–Crippen MR) is 68.1 cm³/mol. The topological polar surface area (TPSA) is 8.81 Å². The molecule has 0 radical (unpaired) electrons. The van der Waals surface area contributed by atoms with Crippen molar-refractivity contribution in [1.82, 2.24) is 4.68 Å². The van der Waals surface area contributed by atoms with Crippen molar-refractivity contribution in [3.8, 4) is 5.69 Å². The smallest absolute Gasteiger partial charge is 0.119 e. The first kappa shape index (κ1) is 9.45. The van der Waals surface area contributed by atoms with E-state index in [2.05, 4.69) is 62.3 Å². The van der Waals surface area contributed by atoms with Crippen molar-refractivity contribution in [2.75, 3.05) is 0 Å². The molecule has 1 aromatic carbocycles. The van der Waals surface area contributed by atoms with Gasteiger partial charge >= 0.3 is 22.9 Å². The Morgan fingerprint density at radius 1 is 1.15 bits per heavy atom. The molecule has 0 aliphatic heterocycles. The van der Waals surface area contributed by atoms with E-state index in [1.165, 1.54) is 9.26 Å². The van der Waals surface area contributed by atoms with Crippen LogP contribution >= 0.6 is 45.5 Å². The molecule has 0 saturated carbocycles. The van der Waals surface area contributed by atoms with Crippen molar-refractivity contribution in [1.29, 1.82) is 0 Å². The van der Waals surface area contributed by atoms with Crippen molar-refractivity contribution in [3.05, 3.63) is 46.3 Å². The second-order valence-corrected chi connectivity index (χ2v) is 4.73. The quantitative estimate of drug-likeness (QED) is 0.655. The van der Waals surface area contributed by atoms with Crippen LogP contribution in [-0.4, -0.2) is 4.68 Å². The zero-order valence-electron chi connectivity index (χ0n) is 6.69. The monoisotopic (exact) mass is 397 g/mol. The molecule has 0 N–H and O–H groups in total. The van der Waals surface area contributed by atoms with Crippen molar-refractivity contribution >= 4 is 45.5 Å². The molecule has 0 bridgehead atoms. The van der Waals surface area contributed by atoms with Crippen LogP contribution in [-0.2, 0) is 0 Å². The fourth-order valence-electron chi connectivity index (χ4n) is 1.15. The van der Waals surface area contributed by atoms with Gasteiger partial charge in [0.1, 0.15) is 5.69 Å². The van der Waals surface area contributed by atoms with Gasteiger partial charge < -0.3 is 0 Å². The Kier molecular flexibility index (Phi) is 2.87. The number of nitrogens with zero attached hydrogens (tertiary/aromatic N) is 2. The Labute approximate surface area is 104 Å². The summed E-state index contributed by atoms with van der Waals surface area (Å²) in [5.41, 5.74) is 1.21. The minimum atomic E-state index is 1.21. The molecule has 13 heavy (non-hydrogen) atoms. The molecule has 0 aliphatic rings. The van der Waals surface area contributed by atoms with Crippen molar-refractivity contribution in [2.24, 2.45) is 0 Å². The number of hydrogen-bond acceptors (Lipinski definition) is 0. The van der Waals surface area contributed by atoms with Gasteiger partial charge in [0.25, 0.3) is 0 Å². The molecule has 2 rings (SSSR count). The summed E-state index contributed by atoms with van der Waals surface area (Å²) in [6.45, 7) is 0. The van der Waals surface area contributed by atoms with Crippen molar-refractivity contribution < 1.29 is 2.90 Å². The molecule has 4 heteroatoms. The Morgan fingerprint density at radius 3 is 2.54 bits per heavy atom. The molecule has 2 aromatic rings. The highest BCUT2D eigenvalue weighted by Gasteiger charge is 2.09. The van der Waals surface area contributed by atoms with Crippen LogP contribution in [0.1, 0.15) is 0 Å². The normalized spacial score (nSPS) is 10.3. The fourth-order valence-corrected chi connectivity index (χ4v) is 2.34. The average molecular weight is 397 g/mol. The van der Waals surface area contributed by atoms with Crippen LogP contribution in [0.5, 0.6) is 0 Å². The molecular weight excluding hydrogens is 390 g/mol. The summed E-state index contributed by atoms with van der Waals surface area (Å²) in [6.07, 6.45) is 4.06. The first-order chi connectivity index (χ1) is 6.29. The van der Waals surface area contributed by atoms with Crippen molar-refractivity contribution in [2.45, 2.75) is 0 Å². The van der Waals surface area contributed by atoms with E-state index < -0.39 is 0 Å². The van der Waals surface area contributed by atoms with Crippen LogP contribution < -0.4 is 2.90 Å². The number of benzene rings is 1. The summed E-state index contributed by atoms with van der Waals surface area (Å²) in [4.78, 5) is 0. The zero-order valence-corrected chi connectivity index (χ0v) is 11.0. The lowest BCUT2D eigenvalue weighted by Gasteiger charge is -2.00. The minimum Gasteiger partial charge on any atom is -0.119 e. The SMILES string of the molecule is Ic1ccccc1-n1ccc[n+]1I. The number of rotatable bonds is 1. The molecule has 0 spiro atoms. The third-order valence-corrected chi connectivity index (χ3v) is 3.44. The molecule has 0 amide bonds. The van der Waals surface area contributed by atoms with Gasteiger partial charge in [0.2, 0.25) is 6.20 Å². The summed E-state index contributed by atoms with van der Waals surface area (Å²) in [6, 6.07) is 10.3. The second kappa shape index (κ2) is 3.95. The maximum Gasteiger partial charge on any atom is 0.382 e. The molecule has 0 fully saturated rings. The van der Waals surface area contributed by atoms with Crippen LogP contribution in [0, 0.1) is 3.57 Å². The largest absolute Gasteiger partial charge is 0.382 e. The minimum absolute atomic E-state index is 1.21. The maximum absolute atomic E-state index is 2.34. The zero-order chi connectivity index (χ0) is 9.26. The predicted octanol–water partition coefficient (Wildman–Crippen LogP) is 2.57. The van der Waals surface area contributed by atoms with E-state index in [4.69, 9.17) is 0 Å². The first-order valence-corrected chi connectivity index (χ1v) is 5.84. The molecule has 2 nitrogen and oxygen atoms in total. The highest BCUT2D eigenvalue weighted by molar-refractivity contribution is 14.1. The van der Waals surface area contributed by atoms with Gasteiger partial charge in [-0.1, -0.05) is 12.1 Å². The summed E-state index contributed by atoms with van der Waals surface area (Å²) in [7, 11) is 0. The van der Waals surface area contributed by atoms with E-state index in [0.717, 1.165) is 0 Å². The first-order valence-electron chi connectivity index (χ1n) is 3.79. The van der Waals surface area contributed by atoms with Crippen LogP contribution in [0.2, 0.25) is 0 Å². The summed E-state index contributed by atoms with van der Waals surface area (Å²) < 4.78 is 5.37. The standard InChI is InChI=1S/C9H7I2N2/c10-8-4-1-2-5-9(8)12-6-3-7-13(12)11/h1-7H/q+1. The van der Waals surface area contributed by atoms with Gasteiger partial charge in [0, 0.05) is 9.64 Å². The molecule has 66 valence electrons. The number of aromatic nitrogens is 2. The molecule has 1 heterocycles. The lowest BCUT2D eigenvalue weighted by atomic mass is 10.3. The van der Waals surface area contributed by atoms with Crippen LogP contribution in [0.15, 0.2) is 42.7 Å². The van der Waals surface area contributed by atoms with E-state index in [0.29, 0.717) is 0 Å². The van der Waals surface area contributed by atoms with Gasteiger partial charge in [-0.15, -0.1) is 4.68 Å². The van der Waals surface area contributed by atoms with Gasteiger partial charge in [-0.25, -0.2) is 0 Å². The fraction of sp³-hybridized carbons (Fsp3) is 0. The van der Waals surface area contributed by atoms with E-state index in [-0.39, 0.29) is 0 Å². The summed E-state index contributed by atoms with van der Waals surface area (Å²) >= 11 is 4.59. The second-order valence-electron chi connectivity index (χ2n) is 2.58. The van der Waals surface area contributed by atoms with Crippen LogP contribution in [0.4, 0.5) is 0 Å². The van der Waals surface area contributed by atoms with Gasteiger partial charge in [-0.2, -0.15) is 0 Å². The molecular formula is C9H7I2N2+. The molecule has 0 saturated heterocycles. The number of para-hydroxylation sites is 1. The van der Waals surface area contributed by atoms with E-state index in [1.807, 2.05) is 33.5 Å². The van der Waals surface area contributed by atoms with E-state index >= 15 is 0 Å². The van der Waals surface area contributed by atoms with E-state index in [1.54, 1.807) is 0 Å². The third-order valence-electron chi connectivity index (χ3n) is 1.74. The molecule has 1 aromatic heterocycles. The Morgan fingerprint density at radius 2 is 1.92 bits per heavy atom. The van der Waals surface area contributed by atoms with Crippen LogP contribution in [0.25, 0.3) is 5.69 Å². The highest BCUT2D eigenvalue weighted by atomic mass is 127. The van der Waals surface area contributed by atoms with Gasteiger partial charge in [-0.3, -0.25) is 0 Å². The lowest BCUT2D eigenvalue weighted by molar-refractivity contribution is -0.531. The molecule has 0 aliphatic carbocycles. The van der Waals surface area contributed by atoms with E-state index in [9.17, 15) is 0 Å². The average Bonchev–Trinajstić information content (AvgIpc) is 2.52. The molecule has 0 atom stereocenters. The number of hydrogen-bond donors (Lipinski definition) is 0. The van der Waals surface area contributed by atoms with Gasteiger partial charge in [-0.05, 0) is 37.6 Å². The Balaban J connectivity index is 2.59.